The minimum atomic E-state index is -1.29. The van der Waals surface area contributed by atoms with Gasteiger partial charge in [0.1, 0.15) is 11.8 Å². The molecule has 0 saturated carbocycles. The third kappa shape index (κ3) is 5.71. The van der Waals surface area contributed by atoms with Gasteiger partial charge >= 0.3 is 11.9 Å². The number of fused-ring (bicyclic) bond motifs is 1. The number of thioether (sulfide) groups is 1. The zero-order chi connectivity index (χ0) is 20.0. The Morgan fingerprint density at radius 1 is 1.26 bits per heavy atom. The molecular weight excluding hydrogens is 372 g/mol. The summed E-state index contributed by atoms with van der Waals surface area (Å²) in [5.41, 5.74) is 1.52. The normalized spacial score (nSPS) is 12.1. The number of aryl methyl sites for hydroxylation is 1. The van der Waals surface area contributed by atoms with Crippen LogP contribution in [0.2, 0.25) is 0 Å². The van der Waals surface area contributed by atoms with Crippen molar-refractivity contribution in [3.05, 3.63) is 42.1 Å². The molecule has 0 aliphatic carbocycles. The van der Waals surface area contributed by atoms with Crippen LogP contribution in [0.25, 0.3) is 10.9 Å². The van der Waals surface area contributed by atoms with Gasteiger partial charge in [-0.25, -0.2) is 9.59 Å². The zero-order valence-corrected chi connectivity index (χ0v) is 15.4. The summed E-state index contributed by atoms with van der Waals surface area (Å²) in [4.78, 5) is 38.8. The summed E-state index contributed by atoms with van der Waals surface area (Å²) in [5, 5.41) is 20.9. The van der Waals surface area contributed by atoms with Crippen LogP contribution >= 0.6 is 11.8 Å². The summed E-state index contributed by atoms with van der Waals surface area (Å²) in [6, 6.07) is 6.07. The van der Waals surface area contributed by atoms with Gasteiger partial charge in [-0.1, -0.05) is 0 Å². The third-order valence-electron chi connectivity index (χ3n) is 3.50. The second-order valence-corrected chi connectivity index (χ2v) is 6.59. The Balaban J connectivity index is 2.20. The number of rotatable bonds is 8. The van der Waals surface area contributed by atoms with E-state index in [9.17, 15) is 19.5 Å². The molecule has 1 atom stereocenters. The molecule has 0 saturated heterocycles. The lowest BCUT2D eigenvalue weighted by Gasteiger charge is -2.14. The van der Waals surface area contributed by atoms with Crippen molar-refractivity contribution in [2.75, 3.05) is 12.9 Å². The number of carbonyl (C=O) groups excluding carboxylic acids is 1. The van der Waals surface area contributed by atoms with Crippen molar-refractivity contribution in [3.8, 4) is 5.75 Å². The number of hydrogen-bond donors (Lipinski definition) is 3. The summed E-state index contributed by atoms with van der Waals surface area (Å²) in [6.45, 7) is 1.83. The van der Waals surface area contributed by atoms with Gasteiger partial charge in [-0.3, -0.25) is 9.78 Å². The van der Waals surface area contributed by atoms with E-state index in [0.29, 0.717) is 11.8 Å². The molecule has 0 spiro atoms. The van der Waals surface area contributed by atoms with E-state index >= 15 is 0 Å². The molecule has 142 valence electrons. The minimum absolute atomic E-state index is 0.0533. The minimum Gasteiger partial charge on any atom is -0.497 e. The maximum absolute atomic E-state index is 11.7. The monoisotopic (exact) mass is 390 g/mol. The lowest BCUT2D eigenvalue weighted by molar-refractivity contribution is -0.140. The summed E-state index contributed by atoms with van der Waals surface area (Å²) in [6.07, 6.45) is 1.42. The van der Waals surface area contributed by atoms with E-state index in [1.54, 1.807) is 13.2 Å². The molecule has 8 nitrogen and oxygen atoms in total. The van der Waals surface area contributed by atoms with Crippen LogP contribution in [0.15, 0.2) is 41.3 Å². The first kappa shape index (κ1) is 20.2. The van der Waals surface area contributed by atoms with Crippen LogP contribution in [0, 0.1) is 6.92 Å². The lowest BCUT2D eigenvalue weighted by Crippen LogP contribution is -2.41. The van der Waals surface area contributed by atoms with E-state index in [-0.39, 0.29) is 5.75 Å². The molecule has 1 amide bonds. The smallest absolute Gasteiger partial charge is 0.328 e. The van der Waals surface area contributed by atoms with Crippen molar-refractivity contribution in [3.63, 3.8) is 0 Å². The van der Waals surface area contributed by atoms with Crippen molar-refractivity contribution in [1.82, 2.24) is 10.3 Å². The molecule has 0 bridgehead atoms. The molecule has 1 unspecified atom stereocenters. The van der Waals surface area contributed by atoms with Crippen molar-refractivity contribution in [2.24, 2.45) is 0 Å². The predicted molar refractivity (Wildman–Crippen MR) is 100 cm³/mol. The first-order valence-electron chi connectivity index (χ1n) is 7.82. The number of nitrogens with one attached hydrogen (secondary N) is 1. The van der Waals surface area contributed by atoms with Gasteiger partial charge in [-0.05, 0) is 31.2 Å². The number of nitrogens with zero attached hydrogens (tertiary/aromatic N) is 1. The third-order valence-corrected chi connectivity index (χ3v) is 4.65. The van der Waals surface area contributed by atoms with E-state index in [1.807, 2.05) is 25.1 Å². The highest BCUT2D eigenvalue weighted by Crippen LogP contribution is 2.31. The fraction of sp³-hybridized carbons (Fsp3) is 0.222. The van der Waals surface area contributed by atoms with E-state index in [0.717, 1.165) is 27.6 Å². The number of benzene rings is 1. The molecule has 0 radical (unpaired) electrons. The number of amides is 1. The van der Waals surface area contributed by atoms with Crippen molar-refractivity contribution in [1.29, 1.82) is 0 Å². The van der Waals surface area contributed by atoms with E-state index in [1.165, 1.54) is 11.8 Å². The molecule has 0 aliphatic rings. The molecule has 2 rings (SSSR count). The zero-order valence-electron chi connectivity index (χ0n) is 14.6. The SMILES string of the molecule is COc1ccc2nc(C)cc(SCC(NC(=O)/C=C/C(=O)O)C(=O)O)c2c1. The van der Waals surface area contributed by atoms with E-state index < -0.39 is 23.9 Å². The molecule has 1 heterocycles. The van der Waals surface area contributed by atoms with Gasteiger partial charge < -0.3 is 20.3 Å². The molecule has 0 aliphatic heterocycles. The Bertz CT molecular complexity index is 912. The number of hydrogen-bond acceptors (Lipinski definition) is 6. The Morgan fingerprint density at radius 3 is 2.63 bits per heavy atom. The quantitative estimate of drug-likeness (QED) is 0.461. The van der Waals surface area contributed by atoms with Crippen LogP contribution in [0.1, 0.15) is 5.69 Å². The van der Waals surface area contributed by atoms with Crippen LogP contribution in [0.3, 0.4) is 0 Å². The Morgan fingerprint density at radius 2 is 2.00 bits per heavy atom. The molecule has 2 aromatic rings. The average molecular weight is 390 g/mol. The molecule has 1 aromatic carbocycles. The summed E-state index contributed by atoms with van der Waals surface area (Å²) in [7, 11) is 1.55. The largest absolute Gasteiger partial charge is 0.497 e. The Labute approximate surface area is 159 Å². The fourth-order valence-electron chi connectivity index (χ4n) is 2.26. The molecule has 1 aromatic heterocycles. The number of carboxylic acid groups (broad SMARTS) is 2. The summed E-state index contributed by atoms with van der Waals surface area (Å²) < 4.78 is 5.23. The maximum atomic E-state index is 11.7. The van der Waals surface area contributed by atoms with Crippen LogP contribution in [0.5, 0.6) is 5.75 Å². The van der Waals surface area contributed by atoms with Crippen LogP contribution in [-0.2, 0) is 14.4 Å². The first-order valence-corrected chi connectivity index (χ1v) is 8.81. The lowest BCUT2D eigenvalue weighted by atomic mass is 10.2. The number of aliphatic carboxylic acids is 2. The summed E-state index contributed by atoms with van der Waals surface area (Å²) >= 11 is 1.25. The Hall–Kier alpha value is -3.07. The van der Waals surface area contributed by atoms with Gasteiger partial charge in [0.25, 0.3) is 0 Å². The Kier molecular flexibility index (Phi) is 6.78. The van der Waals surface area contributed by atoms with Gasteiger partial charge in [0.2, 0.25) is 5.91 Å². The highest BCUT2D eigenvalue weighted by molar-refractivity contribution is 7.99. The molecule has 27 heavy (non-hydrogen) atoms. The maximum Gasteiger partial charge on any atom is 0.328 e. The van der Waals surface area contributed by atoms with Crippen LogP contribution < -0.4 is 10.1 Å². The van der Waals surface area contributed by atoms with E-state index in [4.69, 9.17) is 9.84 Å². The number of carbonyl (C=O) groups is 3. The first-order chi connectivity index (χ1) is 12.8. The van der Waals surface area contributed by atoms with Gasteiger partial charge in [0.05, 0.1) is 12.6 Å². The number of carboxylic acids is 2. The van der Waals surface area contributed by atoms with Crippen LogP contribution in [0.4, 0.5) is 0 Å². The topological polar surface area (TPSA) is 126 Å². The molecule has 9 heteroatoms. The van der Waals surface area contributed by atoms with E-state index in [2.05, 4.69) is 10.3 Å². The molecular formula is C18H18N2O6S. The second-order valence-electron chi connectivity index (χ2n) is 5.53. The number of aromatic nitrogens is 1. The van der Waals surface area contributed by atoms with Crippen molar-refractivity contribution >= 4 is 40.5 Å². The predicted octanol–water partition coefficient (Wildman–Crippen LogP) is 1.85. The van der Waals surface area contributed by atoms with Gasteiger partial charge in [0.15, 0.2) is 0 Å². The summed E-state index contributed by atoms with van der Waals surface area (Å²) in [5.74, 6) is -2.59. The highest BCUT2D eigenvalue weighted by Gasteiger charge is 2.20. The second kappa shape index (κ2) is 9.04. The fourth-order valence-corrected chi connectivity index (χ4v) is 3.41. The number of pyridine rings is 1. The van der Waals surface area contributed by atoms with Gasteiger partial charge in [0, 0.05) is 33.9 Å². The number of methoxy groups -OCH3 is 1. The van der Waals surface area contributed by atoms with Gasteiger partial charge in [-0.2, -0.15) is 0 Å². The molecule has 3 N–H and O–H groups in total. The van der Waals surface area contributed by atoms with Crippen molar-refractivity contribution < 1.29 is 29.3 Å². The average Bonchev–Trinajstić information content (AvgIpc) is 2.62. The van der Waals surface area contributed by atoms with Crippen LogP contribution in [-0.4, -0.2) is 51.9 Å². The highest BCUT2D eigenvalue weighted by atomic mass is 32.2. The van der Waals surface area contributed by atoms with Crippen molar-refractivity contribution in [2.45, 2.75) is 17.9 Å². The number of ether oxygens (including phenoxy) is 1. The van der Waals surface area contributed by atoms with Gasteiger partial charge in [-0.15, -0.1) is 11.8 Å². The standard InChI is InChI=1S/C18H18N2O6S/c1-10-7-15(12-8-11(26-2)3-4-13(12)19-10)27-9-14(18(24)25)20-16(21)5-6-17(22)23/h3-8,14H,9H2,1-2H3,(H,20,21)(H,22,23)(H,24,25)/b6-5+. The molecule has 0 fully saturated rings.